The number of halogens is 1. The second-order valence-corrected chi connectivity index (χ2v) is 5.91. The van der Waals surface area contributed by atoms with Crippen molar-refractivity contribution in [3.63, 3.8) is 0 Å². The molecule has 0 radical (unpaired) electrons. The van der Waals surface area contributed by atoms with Crippen LogP contribution in [-0.2, 0) is 5.41 Å². The second-order valence-electron chi connectivity index (χ2n) is 5.65. The fourth-order valence-corrected chi connectivity index (χ4v) is 2.59. The van der Waals surface area contributed by atoms with Crippen LogP contribution in [0.25, 0.3) is 0 Å². The van der Waals surface area contributed by atoms with Crippen LogP contribution in [0.5, 0.6) is 0 Å². The summed E-state index contributed by atoms with van der Waals surface area (Å²) in [6.45, 7) is 4.68. The molecule has 1 saturated heterocycles. The molecular formula is C15H22ClN3. The van der Waals surface area contributed by atoms with Gasteiger partial charge < -0.3 is 10.6 Å². The topological polar surface area (TPSA) is 41.6 Å². The molecule has 1 aliphatic rings. The number of piperidine rings is 1. The van der Waals surface area contributed by atoms with E-state index < -0.39 is 0 Å². The van der Waals surface area contributed by atoms with E-state index in [-0.39, 0.29) is 11.3 Å². The number of aliphatic imine (C=N–C) groups is 1. The van der Waals surface area contributed by atoms with Gasteiger partial charge >= 0.3 is 0 Å². The number of benzene rings is 1. The highest BCUT2D eigenvalue weighted by Gasteiger charge is 2.30. The highest BCUT2D eigenvalue weighted by Crippen LogP contribution is 2.35. The van der Waals surface area contributed by atoms with Crippen molar-refractivity contribution in [3.8, 4) is 0 Å². The van der Waals surface area contributed by atoms with Gasteiger partial charge in [-0.3, -0.25) is 0 Å². The monoisotopic (exact) mass is 279 g/mol. The number of rotatable bonds is 3. The van der Waals surface area contributed by atoms with Gasteiger partial charge in [0.25, 0.3) is 0 Å². The zero-order valence-corrected chi connectivity index (χ0v) is 12.5. The number of hydrogen-bond acceptors (Lipinski definition) is 2. The minimum atomic E-state index is 0.270. The molecule has 1 heterocycles. The lowest BCUT2D eigenvalue weighted by Crippen LogP contribution is -2.38. The lowest BCUT2D eigenvalue weighted by atomic mass is 9.74. The van der Waals surface area contributed by atoms with Gasteiger partial charge in [0.05, 0.1) is 11.6 Å². The molecule has 1 aromatic rings. The van der Waals surface area contributed by atoms with E-state index in [1.165, 1.54) is 18.4 Å². The Labute approximate surface area is 120 Å². The molecule has 0 unspecified atom stereocenters. The quantitative estimate of drug-likeness (QED) is 0.525. The SMILES string of the molecule is CN1CCC(C)(c2ccc(N=C(N)CCl)cc2)CC1. The van der Waals surface area contributed by atoms with Crippen LogP contribution >= 0.6 is 11.6 Å². The van der Waals surface area contributed by atoms with E-state index in [4.69, 9.17) is 17.3 Å². The number of likely N-dealkylation sites (tertiary alicyclic amines) is 1. The van der Waals surface area contributed by atoms with Crippen LogP contribution in [0.3, 0.4) is 0 Å². The van der Waals surface area contributed by atoms with Gasteiger partial charge in [-0.1, -0.05) is 19.1 Å². The molecule has 0 amide bonds. The molecule has 0 aromatic heterocycles. The molecule has 104 valence electrons. The fourth-order valence-electron chi connectivity index (χ4n) is 2.53. The Kier molecular flexibility index (Phi) is 4.48. The summed E-state index contributed by atoms with van der Waals surface area (Å²) in [6, 6.07) is 8.40. The smallest absolute Gasteiger partial charge is 0.115 e. The lowest BCUT2D eigenvalue weighted by Gasteiger charge is -2.38. The summed E-state index contributed by atoms with van der Waals surface area (Å²) in [5, 5.41) is 0. The zero-order chi connectivity index (χ0) is 13.9. The number of hydrogen-bond donors (Lipinski definition) is 1. The van der Waals surface area contributed by atoms with E-state index in [1.54, 1.807) is 0 Å². The molecule has 3 nitrogen and oxygen atoms in total. The number of nitrogens with zero attached hydrogens (tertiary/aromatic N) is 2. The van der Waals surface area contributed by atoms with Gasteiger partial charge in [0.2, 0.25) is 0 Å². The maximum absolute atomic E-state index is 5.64. The van der Waals surface area contributed by atoms with Crippen LogP contribution in [0.1, 0.15) is 25.3 Å². The van der Waals surface area contributed by atoms with Gasteiger partial charge in [-0.25, -0.2) is 4.99 Å². The average Bonchev–Trinajstić information content (AvgIpc) is 2.43. The summed E-state index contributed by atoms with van der Waals surface area (Å²) in [6.07, 6.45) is 2.41. The second kappa shape index (κ2) is 5.93. The molecule has 0 atom stereocenters. The average molecular weight is 280 g/mol. The van der Waals surface area contributed by atoms with Gasteiger partial charge in [0.1, 0.15) is 5.84 Å². The maximum Gasteiger partial charge on any atom is 0.115 e. The number of alkyl halides is 1. The molecule has 0 saturated carbocycles. The fraction of sp³-hybridized carbons (Fsp3) is 0.533. The Morgan fingerprint density at radius 2 is 1.89 bits per heavy atom. The minimum Gasteiger partial charge on any atom is -0.386 e. The third kappa shape index (κ3) is 3.48. The summed E-state index contributed by atoms with van der Waals surface area (Å²) in [7, 11) is 2.19. The highest BCUT2D eigenvalue weighted by molar-refractivity contribution is 6.28. The predicted molar refractivity (Wildman–Crippen MR) is 82.5 cm³/mol. The third-order valence-corrected chi connectivity index (χ3v) is 4.34. The van der Waals surface area contributed by atoms with Gasteiger partial charge in [-0.15, -0.1) is 11.6 Å². The first-order valence-electron chi connectivity index (χ1n) is 6.71. The summed E-state index contributed by atoms with van der Waals surface area (Å²) < 4.78 is 0. The van der Waals surface area contributed by atoms with Crippen molar-refractivity contribution >= 4 is 23.1 Å². The first kappa shape index (κ1) is 14.4. The van der Waals surface area contributed by atoms with Crippen LogP contribution in [-0.4, -0.2) is 36.8 Å². The molecule has 1 fully saturated rings. The maximum atomic E-state index is 5.64. The standard InChI is InChI=1S/C15H22ClN3/c1-15(7-9-19(2)10-8-15)12-3-5-13(6-4-12)18-14(17)11-16/h3-6H,7-11H2,1-2H3,(H2,17,18). The van der Waals surface area contributed by atoms with E-state index in [0.29, 0.717) is 5.84 Å². The summed E-state index contributed by atoms with van der Waals surface area (Å²) in [5.74, 6) is 0.728. The molecular weight excluding hydrogens is 258 g/mol. The van der Waals surface area contributed by atoms with Crippen LogP contribution in [0.15, 0.2) is 29.3 Å². The van der Waals surface area contributed by atoms with Gasteiger partial charge in [0.15, 0.2) is 0 Å². The van der Waals surface area contributed by atoms with E-state index in [0.717, 1.165) is 18.8 Å². The Morgan fingerprint density at radius 1 is 1.32 bits per heavy atom. The molecule has 2 N–H and O–H groups in total. The van der Waals surface area contributed by atoms with Crippen molar-refractivity contribution in [2.75, 3.05) is 26.0 Å². The number of nitrogens with two attached hydrogens (primary N) is 1. The van der Waals surface area contributed by atoms with Crippen molar-refractivity contribution < 1.29 is 0 Å². The van der Waals surface area contributed by atoms with Gasteiger partial charge in [-0.05, 0) is 56.1 Å². The Morgan fingerprint density at radius 3 is 2.42 bits per heavy atom. The van der Waals surface area contributed by atoms with Crippen LogP contribution in [0.2, 0.25) is 0 Å². The van der Waals surface area contributed by atoms with Gasteiger partial charge in [-0.2, -0.15) is 0 Å². The first-order valence-corrected chi connectivity index (χ1v) is 7.25. The van der Waals surface area contributed by atoms with Crippen molar-refractivity contribution in [3.05, 3.63) is 29.8 Å². The van der Waals surface area contributed by atoms with Crippen molar-refractivity contribution in [1.29, 1.82) is 0 Å². The molecule has 0 spiro atoms. The molecule has 2 rings (SSSR count). The third-order valence-electron chi connectivity index (χ3n) is 4.06. The normalized spacial score (nSPS) is 20.5. The van der Waals surface area contributed by atoms with E-state index in [9.17, 15) is 0 Å². The summed E-state index contributed by atoms with van der Waals surface area (Å²) in [5.41, 5.74) is 8.19. The minimum absolute atomic E-state index is 0.270. The molecule has 0 bridgehead atoms. The van der Waals surface area contributed by atoms with Gasteiger partial charge in [0, 0.05) is 0 Å². The Balaban J connectivity index is 2.14. The first-order chi connectivity index (χ1) is 9.03. The van der Waals surface area contributed by atoms with Crippen LogP contribution in [0.4, 0.5) is 5.69 Å². The molecule has 1 aliphatic heterocycles. The van der Waals surface area contributed by atoms with Crippen molar-refractivity contribution in [1.82, 2.24) is 4.90 Å². The molecule has 0 aliphatic carbocycles. The van der Waals surface area contributed by atoms with Crippen LogP contribution in [0, 0.1) is 0 Å². The largest absolute Gasteiger partial charge is 0.386 e. The molecule has 19 heavy (non-hydrogen) atoms. The molecule has 1 aromatic carbocycles. The Hall–Kier alpha value is -1.06. The lowest BCUT2D eigenvalue weighted by molar-refractivity contribution is 0.200. The van der Waals surface area contributed by atoms with Crippen molar-refractivity contribution in [2.24, 2.45) is 10.7 Å². The summed E-state index contributed by atoms with van der Waals surface area (Å²) >= 11 is 5.63. The summed E-state index contributed by atoms with van der Waals surface area (Å²) in [4.78, 5) is 6.64. The van der Waals surface area contributed by atoms with E-state index in [2.05, 4.69) is 36.0 Å². The molecule has 4 heteroatoms. The predicted octanol–water partition coefficient (Wildman–Crippen LogP) is 2.90. The van der Waals surface area contributed by atoms with Crippen LogP contribution < -0.4 is 5.73 Å². The van der Waals surface area contributed by atoms with Crippen molar-refractivity contribution in [2.45, 2.75) is 25.2 Å². The Bertz CT molecular complexity index is 445. The van der Waals surface area contributed by atoms with E-state index >= 15 is 0 Å². The highest BCUT2D eigenvalue weighted by atomic mass is 35.5. The zero-order valence-electron chi connectivity index (χ0n) is 11.7. The van der Waals surface area contributed by atoms with E-state index in [1.807, 2.05) is 12.1 Å². The number of amidine groups is 1.